The van der Waals surface area contributed by atoms with Crippen LogP contribution in [-0.2, 0) is 0 Å². The summed E-state index contributed by atoms with van der Waals surface area (Å²) in [5.74, 6) is -0.399. The van der Waals surface area contributed by atoms with Crippen molar-refractivity contribution in [2.24, 2.45) is 5.73 Å². The van der Waals surface area contributed by atoms with Gasteiger partial charge in [-0.2, -0.15) is 0 Å². The van der Waals surface area contributed by atoms with Crippen LogP contribution in [0.4, 0.5) is 5.69 Å². The number of primary amides is 1. The molecule has 1 aromatic rings. The van der Waals surface area contributed by atoms with Gasteiger partial charge in [-0.1, -0.05) is 6.07 Å². The van der Waals surface area contributed by atoms with Crippen LogP contribution in [0, 0.1) is 0 Å². The molecule has 0 saturated heterocycles. The van der Waals surface area contributed by atoms with E-state index in [2.05, 4.69) is 34.7 Å². The van der Waals surface area contributed by atoms with Crippen molar-refractivity contribution in [2.45, 2.75) is 13.8 Å². The summed E-state index contributed by atoms with van der Waals surface area (Å²) in [7, 11) is 0. The molecule has 1 rings (SSSR count). The van der Waals surface area contributed by atoms with Crippen molar-refractivity contribution in [1.29, 1.82) is 0 Å². The number of carbonyl (C=O) groups excluding carboxylic acids is 1. The Bertz CT molecular complexity index is 362. The summed E-state index contributed by atoms with van der Waals surface area (Å²) in [6.45, 7) is 5.81. The van der Waals surface area contributed by atoms with Gasteiger partial charge in [0.25, 0.3) is 5.91 Å². The molecule has 0 saturated carbocycles. The lowest BCUT2D eigenvalue weighted by Crippen LogP contribution is -2.26. The Morgan fingerprint density at radius 3 is 2.47 bits per heavy atom. The van der Waals surface area contributed by atoms with E-state index in [-0.39, 0.29) is 0 Å². The third-order valence-corrected chi connectivity index (χ3v) is 3.00. The first-order valence-corrected chi connectivity index (χ1v) is 5.74. The van der Waals surface area contributed by atoms with Gasteiger partial charge in [-0.25, -0.2) is 0 Å². The third-order valence-electron chi connectivity index (χ3n) is 2.34. The quantitative estimate of drug-likeness (QED) is 0.914. The van der Waals surface area contributed by atoms with Crippen LogP contribution in [0.25, 0.3) is 0 Å². The Kier molecular flexibility index (Phi) is 4.15. The summed E-state index contributed by atoms with van der Waals surface area (Å²) in [6, 6.07) is 5.65. The summed E-state index contributed by atoms with van der Waals surface area (Å²) in [6.07, 6.45) is 0. The number of halogens is 1. The molecule has 0 heterocycles. The van der Waals surface area contributed by atoms with Crippen molar-refractivity contribution in [1.82, 2.24) is 0 Å². The van der Waals surface area contributed by atoms with E-state index >= 15 is 0 Å². The minimum atomic E-state index is -0.399. The van der Waals surface area contributed by atoms with Crippen LogP contribution in [0.1, 0.15) is 24.2 Å². The van der Waals surface area contributed by atoms with Gasteiger partial charge in [0, 0.05) is 17.6 Å². The van der Waals surface area contributed by atoms with Crippen molar-refractivity contribution >= 4 is 27.5 Å². The number of hydrogen-bond donors (Lipinski definition) is 1. The molecule has 2 N–H and O–H groups in total. The topological polar surface area (TPSA) is 46.3 Å². The molecule has 0 radical (unpaired) electrons. The van der Waals surface area contributed by atoms with Gasteiger partial charge in [-0.05, 0) is 41.9 Å². The molecule has 82 valence electrons. The molecular formula is C11H15BrN2O. The fourth-order valence-corrected chi connectivity index (χ4v) is 2.14. The standard InChI is InChI=1S/C11H15BrN2O/c1-3-14(4-2)9-7-5-6-8(12)10(9)11(13)15/h5-7H,3-4H2,1-2H3,(H2,13,15). The van der Waals surface area contributed by atoms with E-state index in [1.165, 1.54) is 0 Å². The lowest BCUT2D eigenvalue weighted by atomic mass is 10.1. The average molecular weight is 271 g/mol. The Labute approximate surface area is 98.4 Å². The van der Waals surface area contributed by atoms with Crippen LogP contribution in [0.5, 0.6) is 0 Å². The van der Waals surface area contributed by atoms with Crippen LogP contribution in [0.2, 0.25) is 0 Å². The number of amides is 1. The SMILES string of the molecule is CCN(CC)c1cccc(Br)c1C(N)=O. The summed E-state index contributed by atoms with van der Waals surface area (Å²) < 4.78 is 0.749. The predicted octanol–water partition coefficient (Wildman–Crippen LogP) is 2.39. The smallest absolute Gasteiger partial charge is 0.251 e. The maximum atomic E-state index is 11.3. The molecule has 15 heavy (non-hydrogen) atoms. The van der Waals surface area contributed by atoms with Gasteiger partial charge in [0.2, 0.25) is 0 Å². The highest BCUT2D eigenvalue weighted by atomic mass is 79.9. The van der Waals surface area contributed by atoms with Gasteiger partial charge >= 0.3 is 0 Å². The minimum absolute atomic E-state index is 0.399. The van der Waals surface area contributed by atoms with Gasteiger partial charge < -0.3 is 10.6 Å². The zero-order valence-corrected chi connectivity index (χ0v) is 10.5. The predicted molar refractivity (Wildman–Crippen MR) is 66.2 cm³/mol. The van der Waals surface area contributed by atoms with E-state index in [1.54, 1.807) is 0 Å². The molecule has 1 aromatic carbocycles. The molecule has 0 aromatic heterocycles. The van der Waals surface area contributed by atoms with Crippen LogP contribution < -0.4 is 10.6 Å². The first-order valence-electron chi connectivity index (χ1n) is 4.95. The Morgan fingerprint density at radius 1 is 1.40 bits per heavy atom. The Morgan fingerprint density at radius 2 is 2.00 bits per heavy atom. The number of nitrogens with two attached hydrogens (primary N) is 1. The number of hydrogen-bond acceptors (Lipinski definition) is 2. The summed E-state index contributed by atoms with van der Waals surface area (Å²) in [5, 5.41) is 0. The Hall–Kier alpha value is -1.03. The second-order valence-corrected chi connectivity index (χ2v) is 4.02. The van der Waals surface area contributed by atoms with Gasteiger partial charge in [0.15, 0.2) is 0 Å². The molecular weight excluding hydrogens is 256 g/mol. The van der Waals surface area contributed by atoms with Crippen LogP contribution in [0.15, 0.2) is 22.7 Å². The van der Waals surface area contributed by atoms with Crippen molar-refractivity contribution in [3.63, 3.8) is 0 Å². The van der Waals surface area contributed by atoms with E-state index in [1.807, 2.05) is 18.2 Å². The molecule has 0 bridgehead atoms. The largest absolute Gasteiger partial charge is 0.371 e. The number of rotatable bonds is 4. The lowest BCUT2D eigenvalue weighted by Gasteiger charge is -2.23. The van der Waals surface area contributed by atoms with E-state index in [0.29, 0.717) is 5.56 Å². The zero-order chi connectivity index (χ0) is 11.4. The maximum absolute atomic E-state index is 11.3. The van der Waals surface area contributed by atoms with Gasteiger partial charge in [-0.3, -0.25) is 4.79 Å². The number of benzene rings is 1. The highest BCUT2D eigenvalue weighted by Crippen LogP contribution is 2.27. The third kappa shape index (κ3) is 2.50. The molecule has 1 amide bonds. The highest BCUT2D eigenvalue weighted by Gasteiger charge is 2.15. The van der Waals surface area contributed by atoms with Gasteiger partial charge in [-0.15, -0.1) is 0 Å². The van der Waals surface area contributed by atoms with E-state index in [0.717, 1.165) is 23.2 Å². The molecule has 0 unspecified atom stereocenters. The maximum Gasteiger partial charge on any atom is 0.251 e. The lowest BCUT2D eigenvalue weighted by molar-refractivity contribution is 0.1000. The fourth-order valence-electron chi connectivity index (χ4n) is 1.58. The second-order valence-electron chi connectivity index (χ2n) is 3.17. The van der Waals surface area contributed by atoms with Crippen molar-refractivity contribution in [2.75, 3.05) is 18.0 Å². The monoisotopic (exact) mass is 270 g/mol. The molecule has 0 fully saturated rings. The molecule has 0 aliphatic carbocycles. The zero-order valence-electron chi connectivity index (χ0n) is 8.96. The fraction of sp³-hybridized carbons (Fsp3) is 0.364. The van der Waals surface area contributed by atoms with Gasteiger partial charge in [0.1, 0.15) is 0 Å². The number of nitrogens with zero attached hydrogens (tertiary/aromatic N) is 1. The molecule has 0 spiro atoms. The average Bonchev–Trinajstić information content (AvgIpc) is 2.19. The molecule has 0 aliphatic heterocycles. The van der Waals surface area contributed by atoms with Crippen LogP contribution >= 0.6 is 15.9 Å². The van der Waals surface area contributed by atoms with Crippen LogP contribution in [-0.4, -0.2) is 19.0 Å². The van der Waals surface area contributed by atoms with E-state index in [9.17, 15) is 4.79 Å². The Balaban J connectivity index is 3.27. The molecule has 0 atom stereocenters. The molecule has 0 aliphatic rings. The van der Waals surface area contributed by atoms with Crippen molar-refractivity contribution < 1.29 is 4.79 Å². The van der Waals surface area contributed by atoms with E-state index < -0.39 is 5.91 Å². The summed E-state index contributed by atoms with van der Waals surface area (Å²) >= 11 is 3.35. The first kappa shape index (κ1) is 12.0. The second kappa shape index (κ2) is 5.16. The number of anilines is 1. The molecule has 4 heteroatoms. The minimum Gasteiger partial charge on any atom is -0.371 e. The van der Waals surface area contributed by atoms with Gasteiger partial charge in [0.05, 0.1) is 11.3 Å². The number of carbonyl (C=O) groups is 1. The highest BCUT2D eigenvalue weighted by molar-refractivity contribution is 9.10. The molecule has 3 nitrogen and oxygen atoms in total. The normalized spacial score (nSPS) is 10.1. The summed E-state index contributed by atoms with van der Waals surface area (Å²) in [5.41, 5.74) is 6.81. The van der Waals surface area contributed by atoms with Crippen LogP contribution in [0.3, 0.4) is 0 Å². The first-order chi connectivity index (χ1) is 7.11. The van der Waals surface area contributed by atoms with E-state index in [4.69, 9.17) is 5.73 Å². The summed E-state index contributed by atoms with van der Waals surface area (Å²) in [4.78, 5) is 13.4. The van der Waals surface area contributed by atoms with Crippen molar-refractivity contribution in [3.8, 4) is 0 Å². The van der Waals surface area contributed by atoms with Crippen molar-refractivity contribution in [3.05, 3.63) is 28.2 Å².